The van der Waals surface area contributed by atoms with E-state index in [1.165, 1.54) is 12.1 Å². The smallest absolute Gasteiger partial charge is 0.258 e. The third kappa shape index (κ3) is 5.09. The van der Waals surface area contributed by atoms with Crippen LogP contribution in [-0.4, -0.2) is 19.4 Å². The van der Waals surface area contributed by atoms with E-state index in [1.807, 2.05) is 0 Å². The van der Waals surface area contributed by atoms with Gasteiger partial charge in [-0.1, -0.05) is 19.9 Å². The van der Waals surface area contributed by atoms with Gasteiger partial charge in [0.15, 0.2) is 0 Å². The summed E-state index contributed by atoms with van der Waals surface area (Å²) < 4.78 is 27.0. The molecule has 1 atom stereocenters. The van der Waals surface area contributed by atoms with Gasteiger partial charge in [-0.2, -0.15) is 0 Å². The van der Waals surface area contributed by atoms with Gasteiger partial charge in [-0.15, -0.1) is 0 Å². The molecule has 1 aromatic carbocycles. The van der Waals surface area contributed by atoms with Crippen LogP contribution in [0.2, 0.25) is 0 Å². The van der Waals surface area contributed by atoms with E-state index in [9.17, 15) is 18.5 Å². The van der Waals surface area contributed by atoms with E-state index in [-0.39, 0.29) is 16.6 Å². The Morgan fingerprint density at radius 3 is 2.38 bits per heavy atom. The van der Waals surface area contributed by atoms with E-state index in [2.05, 4.69) is 18.6 Å². The molecule has 0 saturated carbocycles. The second kappa shape index (κ2) is 7.00. The van der Waals surface area contributed by atoms with Crippen molar-refractivity contribution in [1.29, 1.82) is 0 Å². The number of aryl methyl sites for hydroxylation is 1. The first-order valence-electron chi connectivity index (χ1n) is 6.91. The molecule has 0 bridgehead atoms. The van der Waals surface area contributed by atoms with Gasteiger partial charge >= 0.3 is 0 Å². The zero-order chi connectivity index (χ0) is 16.2. The molecule has 6 nitrogen and oxygen atoms in total. The number of hydrogen-bond donors (Lipinski definition) is 1. The average Bonchev–Trinajstić information content (AvgIpc) is 2.35. The van der Waals surface area contributed by atoms with Crippen LogP contribution in [-0.2, 0) is 10.0 Å². The minimum Gasteiger partial charge on any atom is -0.258 e. The highest BCUT2D eigenvalue weighted by molar-refractivity contribution is 7.89. The maximum absolute atomic E-state index is 12.2. The molecule has 0 fully saturated rings. The summed E-state index contributed by atoms with van der Waals surface area (Å²) in [4.78, 5) is 10.2. The van der Waals surface area contributed by atoms with E-state index in [0.717, 1.165) is 18.9 Å². The van der Waals surface area contributed by atoms with Gasteiger partial charge in [0.1, 0.15) is 0 Å². The largest absolute Gasteiger partial charge is 0.273 e. The summed E-state index contributed by atoms with van der Waals surface area (Å²) in [5.74, 6) is 0.498. The van der Waals surface area contributed by atoms with Gasteiger partial charge in [0, 0.05) is 17.7 Å². The number of sulfonamides is 1. The molecule has 1 unspecified atom stereocenters. The first kappa shape index (κ1) is 17.6. The number of nitro groups is 1. The molecule has 1 aromatic rings. The molecule has 1 N–H and O–H groups in total. The second-order valence-corrected chi connectivity index (χ2v) is 7.41. The predicted octanol–water partition coefficient (Wildman–Crippen LogP) is 3.01. The second-order valence-electron chi connectivity index (χ2n) is 5.70. The summed E-state index contributed by atoms with van der Waals surface area (Å²) in [5.41, 5.74) is 0.250. The number of nitrogens with one attached hydrogen (secondary N) is 1. The molecule has 0 aromatic heterocycles. The molecule has 1 rings (SSSR count). The number of benzene rings is 1. The molecule has 0 aliphatic carbocycles. The molecule has 7 heteroatoms. The van der Waals surface area contributed by atoms with Crippen LogP contribution in [0.1, 0.15) is 39.2 Å². The fourth-order valence-electron chi connectivity index (χ4n) is 1.93. The summed E-state index contributed by atoms with van der Waals surface area (Å²) >= 11 is 0. The van der Waals surface area contributed by atoms with Crippen molar-refractivity contribution in [3.8, 4) is 0 Å². The molecule has 0 aliphatic heterocycles. The molecule has 21 heavy (non-hydrogen) atoms. The minimum atomic E-state index is -3.73. The van der Waals surface area contributed by atoms with Gasteiger partial charge in [0.2, 0.25) is 10.0 Å². The predicted molar refractivity (Wildman–Crippen MR) is 81.7 cm³/mol. The summed E-state index contributed by atoms with van der Waals surface area (Å²) in [6, 6.07) is 3.73. The van der Waals surface area contributed by atoms with Gasteiger partial charge < -0.3 is 0 Å². The summed E-state index contributed by atoms with van der Waals surface area (Å²) in [7, 11) is -3.73. The highest BCUT2D eigenvalue weighted by Gasteiger charge is 2.21. The quantitative estimate of drug-likeness (QED) is 0.619. The normalized spacial score (nSPS) is 13.4. The van der Waals surface area contributed by atoms with Crippen molar-refractivity contribution in [3.05, 3.63) is 33.9 Å². The Kier molecular flexibility index (Phi) is 5.86. The number of nitrogens with zero attached hydrogens (tertiary/aromatic N) is 1. The van der Waals surface area contributed by atoms with Crippen LogP contribution in [0.5, 0.6) is 0 Å². The lowest BCUT2D eigenvalue weighted by molar-refractivity contribution is -0.385. The third-order valence-electron chi connectivity index (χ3n) is 3.22. The van der Waals surface area contributed by atoms with Crippen molar-refractivity contribution in [2.75, 3.05) is 0 Å². The molecule has 0 radical (unpaired) electrons. The molecular weight excluding hydrogens is 292 g/mol. The van der Waals surface area contributed by atoms with Gasteiger partial charge in [-0.25, -0.2) is 13.1 Å². The number of rotatable bonds is 7. The van der Waals surface area contributed by atoms with Crippen LogP contribution in [0.4, 0.5) is 5.69 Å². The maximum atomic E-state index is 12.2. The Morgan fingerprint density at radius 1 is 1.24 bits per heavy atom. The summed E-state index contributed by atoms with van der Waals surface area (Å²) in [5, 5.41) is 10.9. The van der Waals surface area contributed by atoms with E-state index >= 15 is 0 Å². The lowest BCUT2D eigenvalue weighted by atomic mass is 10.1. The van der Waals surface area contributed by atoms with Crippen molar-refractivity contribution in [3.63, 3.8) is 0 Å². The molecule has 0 heterocycles. The molecule has 0 saturated heterocycles. The Hall–Kier alpha value is -1.47. The highest BCUT2D eigenvalue weighted by Crippen LogP contribution is 2.22. The molecule has 0 spiro atoms. The van der Waals surface area contributed by atoms with Crippen molar-refractivity contribution >= 4 is 15.7 Å². The van der Waals surface area contributed by atoms with Crippen molar-refractivity contribution < 1.29 is 13.3 Å². The van der Waals surface area contributed by atoms with Crippen molar-refractivity contribution in [2.45, 2.75) is 51.5 Å². The summed E-state index contributed by atoms with van der Waals surface area (Å²) in [6.45, 7) is 7.52. The minimum absolute atomic E-state index is 0.0730. The highest BCUT2D eigenvalue weighted by atomic mass is 32.2. The van der Waals surface area contributed by atoms with E-state index < -0.39 is 14.9 Å². The zero-order valence-electron chi connectivity index (χ0n) is 12.8. The first-order chi connectivity index (χ1) is 9.63. The van der Waals surface area contributed by atoms with Gasteiger partial charge in [-0.05, 0) is 38.7 Å². The monoisotopic (exact) mass is 314 g/mol. The van der Waals surface area contributed by atoms with Crippen molar-refractivity contribution in [1.82, 2.24) is 4.72 Å². The molecule has 0 aliphatic rings. The van der Waals surface area contributed by atoms with Gasteiger partial charge in [-0.3, -0.25) is 10.1 Å². The lowest BCUT2D eigenvalue weighted by Crippen LogP contribution is -2.32. The number of hydrogen-bond acceptors (Lipinski definition) is 4. The fraction of sp³-hybridized carbons (Fsp3) is 0.571. The van der Waals surface area contributed by atoms with Crippen LogP contribution in [0.25, 0.3) is 0 Å². The van der Waals surface area contributed by atoms with Crippen LogP contribution in [0, 0.1) is 23.0 Å². The van der Waals surface area contributed by atoms with E-state index in [4.69, 9.17) is 0 Å². The topological polar surface area (TPSA) is 89.3 Å². The Bertz CT molecular complexity index is 611. The van der Waals surface area contributed by atoms with E-state index in [1.54, 1.807) is 13.8 Å². The Morgan fingerprint density at radius 2 is 1.86 bits per heavy atom. The number of nitro benzene ring substituents is 1. The molecule has 0 amide bonds. The lowest BCUT2D eigenvalue weighted by Gasteiger charge is -2.15. The van der Waals surface area contributed by atoms with Crippen LogP contribution in [0.15, 0.2) is 23.1 Å². The third-order valence-corrected chi connectivity index (χ3v) is 4.81. The maximum Gasteiger partial charge on any atom is 0.273 e. The fourth-order valence-corrected chi connectivity index (χ4v) is 3.23. The zero-order valence-corrected chi connectivity index (χ0v) is 13.6. The molecule has 118 valence electrons. The Balaban J connectivity index is 2.93. The van der Waals surface area contributed by atoms with Crippen LogP contribution >= 0.6 is 0 Å². The first-order valence-corrected chi connectivity index (χ1v) is 8.39. The van der Waals surface area contributed by atoms with Gasteiger partial charge in [0.05, 0.1) is 9.82 Å². The van der Waals surface area contributed by atoms with Crippen LogP contribution < -0.4 is 4.72 Å². The molecular formula is C14H22N2O4S. The van der Waals surface area contributed by atoms with Crippen molar-refractivity contribution in [2.24, 2.45) is 5.92 Å². The Labute approximate surface area is 125 Å². The standard InChI is InChI=1S/C14H22N2O4S/c1-10(2)5-7-12(4)15-21(19,20)13-8-6-11(3)14(9-13)16(17)18/h6,8-10,12,15H,5,7H2,1-4H3. The summed E-state index contributed by atoms with van der Waals surface area (Å²) in [6.07, 6.45) is 1.64. The SMILES string of the molecule is Cc1ccc(S(=O)(=O)NC(C)CCC(C)C)cc1[N+](=O)[O-]. The average molecular weight is 314 g/mol. The van der Waals surface area contributed by atoms with Gasteiger partial charge in [0.25, 0.3) is 5.69 Å². The van der Waals surface area contributed by atoms with E-state index in [0.29, 0.717) is 11.5 Å². The van der Waals surface area contributed by atoms with Crippen LogP contribution in [0.3, 0.4) is 0 Å².